The molecule has 2 aromatic rings. The molecular weight excluding hydrogens is 219 g/mol. The molecule has 0 aliphatic heterocycles. The van der Waals surface area contributed by atoms with Crippen molar-refractivity contribution in [2.75, 3.05) is 0 Å². The van der Waals surface area contributed by atoms with Crippen molar-refractivity contribution in [2.24, 2.45) is 7.05 Å². The lowest BCUT2D eigenvalue weighted by Gasteiger charge is -2.01. The number of nitrogens with zero attached hydrogens (tertiary/aromatic N) is 4. The molecule has 0 amide bonds. The average molecular weight is 227 g/mol. The third-order valence-electron chi connectivity index (χ3n) is 1.96. The van der Waals surface area contributed by atoms with Crippen molar-refractivity contribution in [3.8, 4) is 11.4 Å². The Labute approximate surface area is 90.7 Å². The number of aromatic nitrogens is 4. The number of rotatable bonds is 1. The second-order valence-corrected chi connectivity index (χ2v) is 3.47. The molecule has 0 aliphatic carbocycles. The maximum Gasteiger partial charge on any atom is 0.223 e. The summed E-state index contributed by atoms with van der Waals surface area (Å²) in [6.45, 7) is 1.82. The molecule has 2 aromatic heterocycles. The zero-order valence-corrected chi connectivity index (χ0v) is 8.96. The predicted molar refractivity (Wildman–Crippen MR) is 53.9 cm³/mol. The molecule has 0 N–H and O–H groups in total. The van der Waals surface area contributed by atoms with Crippen LogP contribution >= 0.6 is 11.6 Å². The quantitative estimate of drug-likeness (QED) is 0.699. The van der Waals surface area contributed by atoms with Crippen molar-refractivity contribution in [3.63, 3.8) is 0 Å². The minimum Gasteiger partial charge on any atom is -0.266 e. The summed E-state index contributed by atoms with van der Waals surface area (Å²) in [6.07, 6.45) is 1.05. The first kappa shape index (κ1) is 10.0. The zero-order chi connectivity index (χ0) is 11.0. The third kappa shape index (κ3) is 1.83. The average Bonchev–Trinajstić information content (AvgIpc) is 2.50. The van der Waals surface area contributed by atoms with Crippen molar-refractivity contribution in [1.29, 1.82) is 0 Å². The number of aryl methyl sites for hydroxylation is 2. The van der Waals surface area contributed by atoms with E-state index < -0.39 is 5.82 Å². The van der Waals surface area contributed by atoms with Crippen LogP contribution in [-0.4, -0.2) is 19.7 Å². The van der Waals surface area contributed by atoms with Crippen molar-refractivity contribution in [3.05, 3.63) is 29.1 Å². The van der Waals surface area contributed by atoms with Gasteiger partial charge < -0.3 is 0 Å². The van der Waals surface area contributed by atoms with Crippen LogP contribution in [0.25, 0.3) is 11.4 Å². The molecule has 0 unspecified atom stereocenters. The zero-order valence-electron chi connectivity index (χ0n) is 8.20. The highest BCUT2D eigenvalue weighted by atomic mass is 35.5. The van der Waals surface area contributed by atoms with Crippen LogP contribution < -0.4 is 0 Å². The minimum absolute atomic E-state index is 0.0188. The molecule has 6 heteroatoms. The fourth-order valence-electron chi connectivity index (χ4n) is 1.36. The van der Waals surface area contributed by atoms with Gasteiger partial charge in [0, 0.05) is 7.05 Å². The lowest BCUT2D eigenvalue weighted by atomic mass is 10.2. The summed E-state index contributed by atoms with van der Waals surface area (Å²) in [5.74, 6) is -0.512. The van der Waals surface area contributed by atoms with E-state index in [2.05, 4.69) is 15.1 Å². The van der Waals surface area contributed by atoms with Crippen LogP contribution in [0.2, 0.25) is 5.28 Å². The van der Waals surface area contributed by atoms with Crippen LogP contribution in [0.4, 0.5) is 4.39 Å². The van der Waals surface area contributed by atoms with Crippen molar-refractivity contribution in [2.45, 2.75) is 6.92 Å². The van der Waals surface area contributed by atoms with E-state index in [0.717, 1.165) is 11.9 Å². The fourth-order valence-corrected chi connectivity index (χ4v) is 1.49. The van der Waals surface area contributed by atoms with Crippen LogP contribution in [0, 0.1) is 12.7 Å². The van der Waals surface area contributed by atoms with Crippen LogP contribution in [-0.2, 0) is 7.05 Å². The standard InChI is InChI=1S/C9H8ClFN4/c1-5-3-7(15(2)14-5)8-6(11)4-12-9(10)13-8/h3-4H,1-2H3. The first-order valence-electron chi connectivity index (χ1n) is 4.27. The maximum atomic E-state index is 13.4. The van der Waals surface area contributed by atoms with Gasteiger partial charge in [0.25, 0.3) is 0 Å². The van der Waals surface area contributed by atoms with Gasteiger partial charge in [0.2, 0.25) is 5.28 Å². The molecule has 78 valence electrons. The van der Waals surface area contributed by atoms with Gasteiger partial charge in [-0.05, 0) is 24.6 Å². The molecule has 0 saturated heterocycles. The lowest BCUT2D eigenvalue weighted by molar-refractivity contribution is 0.614. The summed E-state index contributed by atoms with van der Waals surface area (Å²) in [4.78, 5) is 7.39. The fraction of sp³-hybridized carbons (Fsp3) is 0.222. The van der Waals surface area contributed by atoms with Gasteiger partial charge in [0.05, 0.1) is 17.6 Å². The van der Waals surface area contributed by atoms with E-state index in [1.54, 1.807) is 17.8 Å². The van der Waals surface area contributed by atoms with Crippen LogP contribution in [0.5, 0.6) is 0 Å². The van der Waals surface area contributed by atoms with E-state index in [1.165, 1.54) is 0 Å². The van der Waals surface area contributed by atoms with Crippen molar-refractivity contribution in [1.82, 2.24) is 19.7 Å². The van der Waals surface area contributed by atoms with Gasteiger partial charge in [-0.3, -0.25) is 4.68 Å². The van der Waals surface area contributed by atoms with Gasteiger partial charge in [-0.2, -0.15) is 5.10 Å². The van der Waals surface area contributed by atoms with E-state index in [4.69, 9.17) is 11.6 Å². The van der Waals surface area contributed by atoms with E-state index in [0.29, 0.717) is 5.69 Å². The first-order valence-corrected chi connectivity index (χ1v) is 4.65. The summed E-state index contributed by atoms with van der Waals surface area (Å²) < 4.78 is 15.0. The summed E-state index contributed by atoms with van der Waals surface area (Å²) in [6, 6.07) is 1.74. The second kappa shape index (κ2) is 3.58. The van der Waals surface area contributed by atoms with Gasteiger partial charge in [0.1, 0.15) is 5.69 Å². The monoisotopic (exact) mass is 226 g/mol. The van der Waals surface area contributed by atoms with Crippen molar-refractivity contribution < 1.29 is 4.39 Å². The topological polar surface area (TPSA) is 43.6 Å². The summed E-state index contributed by atoms with van der Waals surface area (Å²) in [5.41, 5.74) is 1.54. The van der Waals surface area contributed by atoms with E-state index >= 15 is 0 Å². The molecule has 0 atom stereocenters. The molecule has 2 rings (SSSR count). The largest absolute Gasteiger partial charge is 0.266 e. The second-order valence-electron chi connectivity index (χ2n) is 3.13. The Balaban J connectivity index is 2.62. The highest BCUT2D eigenvalue weighted by Crippen LogP contribution is 2.21. The number of hydrogen-bond donors (Lipinski definition) is 0. The molecule has 0 bridgehead atoms. The Morgan fingerprint density at radius 3 is 2.80 bits per heavy atom. The Morgan fingerprint density at radius 2 is 2.20 bits per heavy atom. The number of hydrogen-bond acceptors (Lipinski definition) is 3. The minimum atomic E-state index is -0.512. The van der Waals surface area contributed by atoms with Crippen LogP contribution in [0.3, 0.4) is 0 Å². The molecule has 0 saturated carbocycles. The predicted octanol–water partition coefficient (Wildman–Crippen LogP) is 1.98. The molecular formula is C9H8ClFN4. The summed E-state index contributed by atoms with van der Waals surface area (Å²) in [5, 5.41) is 4.12. The van der Waals surface area contributed by atoms with Gasteiger partial charge in [-0.1, -0.05) is 0 Å². The van der Waals surface area contributed by atoms with Crippen LogP contribution in [0.1, 0.15) is 5.69 Å². The maximum absolute atomic E-state index is 13.4. The highest BCUT2D eigenvalue weighted by molar-refractivity contribution is 6.28. The Bertz CT molecular complexity index is 509. The SMILES string of the molecule is Cc1cc(-c2nc(Cl)ncc2F)n(C)n1. The molecule has 15 heavy (non-hydrogen) atoms. The van der Waals surface area contributed by atoms with E-state index in [9.17, 15) is 4.39 Å². The van der Waals surface area contributed by atoms with Gasteiger partial charge in [-0.15, -0.1) is 0 Å². The molecule has 0 aromatic carbocycles. The van der Waals surface area contributed by atoms with Crippen molar-refractivity contribution >= 4 is 11.6 Å². The third-order valence-corrected chi connectivity index (χ3v) is 2.14. The number of halogens is 2. The van der Waals surface area contributed by atoms with E-state index in [-0.39, 0.29) is 11.0 Å². The Morgan fingerprint density at radius 1 is 1.47 bits per heavy atom. The summed E-state index contributed by atoms with van der Waals surface area (Å²) in [7, 11) is 1.72. The molecule has 2 heterocycles. The molecule has 4 nitrogen and oxygen atoms in total. The van der Waals surface area contributed by atoms with Crippen LogP contribution in [0.15, 0.2) is 12.3 Å². The lowest BCUT2D eigenvalue weighted by Crippen LogP contribution is -1.99. The molecule has 0 radical (unpaired) electrons. The first-order chi connectivity index (χ1) is 7.08. The van der Waals surface area contributed by atoms with E-state index in [1.807, 2.05) is 6.92 Å². The Kier molecular flexibility index (Phi) is 2.40. The van der Waals surface area contributed by atoms with Gasteiger partial charge in [-0.25, -0.2) is 14.4 Å². The van der Waals surface area contributed by atoms with Gasteiger partial charge >= 0.3 is 0 Å². The van der Waals surface area contributed by atoms with Gasteiger partial charge in [0.15, 0.2) is 5.82 Å². The molecule has 0 aliphatic rings. The highest BCUT2D eigenvalue weighted by Gasteiger charge is 2.13. The Hall–Kier alpha value is -1.49. The smallest absolute Gasteiger partial charge is 0.223 e. The normalized spacial score (nSPS) is 10.7. The molecule has 0 spiro atoms. The summed E-state index contributed by atoms with van der Waals surface area (Å²) >= 11 is 5.61. The molecule has 0 fully saturated rings.